The number of nitro benzene ring substituents is 1. The van der Waals surface area contributed by atoms with Crippen LogP contribution in [-0.4, -0.2) is 20.8 Å². The Hall–Kier alpha value is -2.90. The summed E-state index contributed by atoms with van der Waals surface area (Å²) in [6, 6.07) is 2.85. The zero-order valence-electron chi connectivity index (χ0n) is 9.41. The topological polar surface area (TPSA) is 98.0 Å². The molecular formula is C11H7FN4O3. The van der Waals surface area contributed by atoms with Gasteiger partial charge in [-0.3, -0.25) is 19.9 Å². The van der Waals surface area contributed by atoms with E-state index in [1.165, 1.54) is 18.6 Å². The van der Waals surface area contributed by atoms with E-state index in [1.807, 2.05) is 0 Å². The Bertz CT molecular complexity index is 633. The van der Waals surface area contributed by atoms with Crippen molar-refractivity contribution in [1.82, 2.24) is 9.97 Å². The molecule has 0 aliphatic rings. The average Bonchev–Trinajstić information content (AvgIpc) is 2.41. The summed E-state index contributed by atoms with van der Waals surface area (Å²) in [7, 11) is 0. The first-order valence-corrected chi connectivity index (χ1v) is 5.09. The predicted octanol–water partition coefficient (Wildman–Crippen LogP) is 1.78. The first kappa shape index (κ1) is 12.6. The second kappa shape index (κ2) is 5.17. The van der Waals surface area contributed by atoms with Crippen LogP contribution in [0, 0.1) is 15.9 Å². The molecule has 0 bridgehead atoms. The van der Waals surface area contributed by atoms with E-state index >= 15 is 0 Å². The maximum absolute atomic E-state index is 12.9. The summed E-state index contributed by atoms with van der Waals surface area (Å²) in [5.74, 6) is -1.42. The zero-order valence-corrected chi connectivity index (χ0v) is 9.41. The number of nitrogens with zero attached hydrogens (tertiary/aromatic N) is 3. The lowest BCUT2D eigenvalue weighted by Crippen LogP contribution is -2.14. The van der Waals surface area contributed by atoms with Gasteiger partial charge in [-0.05, 0) is 12.1 Å². The van der Waals surface area contributed by atoms with Crippen LogP contribution in [0.1, 0.15) is 10.5 Å². The van der Waals surface area contributed by atoms with Crippen molar-refractivity contribution in [2.45, 2.75) is 0 Å². The number of nitrogens with one attached hydrogen (secondary N) is 1. The highest BCUT2D eigenvalue weighted by atomic mass is 19.1. The molecule has 1 amide bonds. The fourth-order valence-electron chi connectivity index (χ4n) is 1.36. The Labute approximate surface area is 106 Å². The molecule has 0 fully saturated rings. The monoisotopic (exact) mass is 262 g/mol. The van der Waals surface area contributed by atoms with E-state index in [0.717, 1.165) is 18.2 Å². The summed E-state index contributed by atoms with van der Waals surface area (Å²) in [5.41, 5.74) is -0.639. The van der Waals surface area contributed by atoms with Gasteiger partial charge in [0.2, 0.25) is 0 Å². The van der Waals surface area contributed by atoms with Gasteiger partial charge in [-0.2, -0.15) is 0 Å². The average molecular weight is 262 g/mol. The molecule has 96 valence electrons. The highest BCUT2D eigenvalue weighted by Gasteiger charge is 2.18. The van der Waals surface area contributed by atoms with Crippen molar-refractivity contribution in [2.75, 3.05) is 5.32 Å². The van der Waals surface area contributed by atoms with Gasteiger partial charge < -0.3 is 5.32 Å². The third kappa shape index (κ3) is 2.86. The molecule has 0 radical (unpaired) electrons. The minimum atomic E-state index is -0.782. The smallest absolute Gasteiger partial charge is 0.295 e. The van der Waals surface area contributed by atoms with Crippen LogP contribution in [0.25, 0.3) is 0 Å². The fourth-order valence-corrected chi connectivity index (χ4v) is 1.36. The van der Waals surface area contributed by atoms with Gasteiger partial charge in [0.25, 0.3) is 11.6 Å². The molecule has 2 rings (SSSR count). The van der Waals surface area contributed by atoms with Crippen molar-refractivity contribution < 1.29 is 14.1 Å². The Kier molecular flexibility index (Phi) is 3.42. The van der Waals surface area contributed by atoms with Crippen molar-refractivity contribution >= 4 is 17.3 Å². The van der Waals surface area contributed by atoms with Crippen LogP contribution in [0.3, 0.4) is 0 Å². The lowest BCUT2D eigenvalue weighted by molar-refractivity contribution is -0.384. The van der Waals surface area contributed by atoms with E-state index in [-0.39, 0.29) is 11.4 Å². The molecule has 2 aromatic rings. The third-order valence-electron chi connectivity index (χ3n) is 2.20. The highest BCUT2D eigenvalue weighted by Crippen LogP contribution is 2.25. The quantitative estimate of drug-likeness (QED) is 0.671. The van der Waals surface area contributed by atoms with Gasteiger partial charge in [0.1, 0.15) is 17.2 Å². The van der Waals surface area contributed by atoms with E-state index < -0.39 is 22.3 Å². The van der Waals surface area contributed by atoms with Crippen molar-refractivity contribution in [3.8, 4) is 0 Å². The number of nitro groups is 1. The molecule has 0 aliphatic carbocycles. The standard InChI is InChI=1S/C11H7FN4O3/c12-7-1-2-8(10(5-7)16(18)19)15-11(17)9-6-13-3-4-14-9/h1-6H,(H,15,17). The van der Waals surface area contributed by atoms with Crippen LogP contribution < -0.4 is 5.32 Å². The zero-order chi connectivity index (χ0) is 13.8. The van der Waals surface area contributed by atoms with Gasteiger partial charge >= 0.3 is 0 Å². The number of amides is 1. The van der Waals surface area contributed by atoms with Crippen LogP contribution in [0.5, 0.6) is 0 Å². The van der Waals surface area contributed by atoms with Crippen LogP contribution in [0.2, 0.25) is 0 Å². The molecule has 19 heavy (non-hydrogen) atoms. The van der Waals surface area contributed by atoms with Crippen molar-refractivity contribution in [1.29, 1.82) is 0 Å². The molecular weight excluding hydrogens is 255 g/mol. The number of rotatable bonds is 3. The molecule has 1 N–H and O–H groups in total. The highest BCUT2D eigenvalue weighted by molar-refractivity contribution is 6.03. The number of halogens is 1. The summed E-state index contributed by atoms with van der Waals surface area (Å²) in [6.07, 6.45) is 3.91. The Morgan fingerprint density at radius 3 is 2.79 bits per heavy atom. The molecule has 0 saturated heterocycles. The van der Waals surface area contributed by atoms with E-state index in [2.05, 4.69) is 15.3 Å². The van der Waals surface area contributed by atoms with Gasteiger partial charge in [-0.15, -0.1) is 0 Å². The molecule has 0 saturated carbocycles. The van der Waals surface area contributed by atoms with Crippen molar-refractivity contribution in [3.63, 3.8) is 0 Å². The van der Waals surface area contributed by atoms with Crippen LogP contribution in [0.4, 0.5) is 15.8 Å². The lowest BCUT2D eigenvalue weighted by atomic mass is 10.2. The molecule has 0 aliphatic heterocycles. The number of anilines is 1. The minimum absolute atomic E-state index is 0.00104. The van der Waals surface area contributed by atoms with E-state index in [1.54, 1.807) is 0 Å². The molecule has 0 atom stereocenters. The summed E-state index contributed by atoms with van der Waals surface area (Å²) in [5, 5.41) is 13.0. The van der Waals surface area contributed by atoms with Gasteiger partial charge in [-0.1, -0.05) is 0 Å². The number of carbonyl (C=O) groups is 1. The van der Waals surface area contributed by atoms with Gasteiger partial charge in [0.15, 0.2) is 0 Å². The van der Waals surface area contributed by atoms with Gasteiger partial charge in [0.05, 0.1) is 17.2 Å². The maximum atomic E-state index is 12.9. The Morgan fingerprint density at radius 1 is 1.37 bits per heavy atom. The second-order valence-corrected chi connectivity index (χ2v) is 3.46. The molecule has 1 heterocycles. The summed E-state index contributed by atoms with van der Waals surface area (Å²) in [6.45, 7) is 0. The Balaban J connectivity index is 2.29. The first-order valence-electron chi connectivity index (χ1n) is 5.09. The van der Waals surface area contributed by atoms with Crippen LogP contribution in [-0.2, 0) is 0 Å². The lowest BCUT2D eigenvalue weighted by Gasteiger charge is -2.05. The maximum Gasteiger partial charge on any atom is 0.295 e. The van der Waals surface area contributed by atoms with E-state index in [4.69, 9.17) is 0 Å². The molecule has 1 aromatic carbocycles. The second-order valence-electron chi connectivity index (χ2n) is 3.46. The van der Waals surface area contributed by atoms with Crippen LogP contribution >= 0.6 is 0 Å². The fraction of sp³-hybridized carbons (Fsp3) is 0. The third-order valence-corrected chi connectivity index (χ3v) is 2.20. The van der Waals surface area contributed by atoms with Crippen molar-refractivity contribution in [2.24, 2.45) is 0 Å². The molecule has 0 unspecified atom stereocenters. The largest absolute Gasteiger partial charge is 0.315 e. The SMILES string of the molecule is O=C(Nc1ccc(F)cc1[N+](=O)[O-])c1cnccn1. The molecule has 1 aromatic heterocycles. The minimum Gasteiger partial charge on any atom is -0.315 e. The van der Waals surface area contributed by atoms with E-state index in [9.17, 15) is 19.3 Å². The molecule has 8 heteroatoms. The summed E-state index contributed by atoms with van der Waals surface area (Å²) >= 11 is 0. The number of hydrogen-bond acceptors (Lipinski definition) is 5. The first-order chi connectivity index (χ1) is 9.08. The van der Waals surface area contributed by atoms with Crippen molar-refractivity contribution in [3.05, 3.63) is 58.4 Å². The van der Waals surface area contributed by atoms with Gasteiger partial charge in [-0.25, -0.2) is 9.37 Å². The molecule has 0 spiro atoms. The summed E-state index contributed by atoms with van der Waals surface area (Å²) in [4.78, 5) is 29.2. The number of aromatic nitrogens is 2. The normalized spacial score (nSPS) is 9.95. The van der Waals surface area contributed by atoms with Gasteiger partial charge in [0, 0.05) is 12.4 Å². The number of carbonyl (C=O) groups excluding carboxylic acids is 1. The number of hydrogen-bond donors (Lipinski definition) is 1. The van der Waals surface area contributed by atoms with E-state index in [0.29, 0.717) is 0 Å². The predicted molar refractivity (Wildman–Crippen MR) is 63.0 cm³/mol. The molecule has 7 nitrogen and oxygen atoms in total. The summed E-state index contributed by atoms with van der Waals surface area (Å²) < 4.78 is 12.9. The number of benzene rings is 1. The van der Waals surface area contributed by atoms with Crippen LogP contribution in [0.15, 0.2) is 36.8 Å². The Morgan fingerprint density at radius 2 is 2.16 bits per heavy atom.